The van der Waals surface area contributed by atoms with Crippen molar-refractivity contribution in [2.45, 2.75) is 45.6 Å². The van der Waals surface area contributed by atoms with E-state index >= 15 is 0 Å². The van der Waals surface area contributed by atoms with E-state index < -0.39 is 5.60 Å². The van der Waals surface area contributed by atoms with Crippen molar-refractivity contribution in [2.75, 3.05) is 7.11 Å². The summed E-state index contributed by atoms with van der Waals surface area (Å²) in [7, 11) is 1.70. The molecule has 85 valence electrons. The first-order chi connectivity index (χ1) is 7.47. The molecule has 0 aromatic rings. The minimum atomic E-state index is -0.446. The molecule has 0 aliphatic heterocycles. The Morgan fingerprint density at radius 1 is 1.56 bits per heavy atom. The van der Waals surface area contributed by atoms with Gasteiger partial charge in [0.2, 0.25) is 0 Å². The van der Waals surface area contributed by atoms with E-state index in [9.17, 15) is 4.79 Å². The van der Waals surface area contributed by atoms with Gasteiger partial charge in [0.05, 0.1) is 0 Å². The summed E-state index contributed by atoms with van der Waals surface area (Å²) in [6.07, 6.45) is 5.03. The number of methoxy groups -OCH3 is 1. The van der Waals surface area contributed by atoms with E-state index in [1.807, 2.05) is 6.92 Å². The number of carbonyl (C=O) groups excluding carboxylic acids is 1. The van der Waals surface area contributed by atoms with E-state index in [0.29, 0.717) is 26.1 Å². The van der Waals surface area contributed by atoms with Gasteiger partial charge in [-0.15, -0.1) is 0 Å². The molecule has 1 atom stereocenters. The van der Waals surface area contributed by atoms with Crippen molar-refractivity contribution in [2.24, 2.45) is 0 Å². The van der Waals surface area contributed by atoms with Gasteiger partial charge in [-0.05, 0) is 0 Å². The van der Waals surface area contributed by atoms with Gasteiger partial charge in [0, 0.05) is 0 Å². The third kappa shape index (κ3) is 2.48. The molecule has 0 bridgehead atoms. The maximum absolute atomic E-state index is 12.0. The first-order valence-corrected chi connectivity index (χ1v) is 8.56. The molecule has 0 aromatic heterocycles. The van der Waals surface area contributed by atoms with E-state index in [2.05, 4.69) is 13.8 Å². The Hall–Kier alpha value is 0.0451. The molecular formula is C13H19HgO2. The summed E-state index contributed by atoms with van der Waals surface area (Å²) in [5.41, 5.74) is 1.61. The molecule has 1 aliphatic carbocycles. The Bertz CT molecular complexity index is 351. The van der Waals surface area contributed by atoms with Crippen LogP contribution < -0.4 is 0 Å². The monoisotopic (exact) mass is 409 g/mol. The van der Waals surface area contributed by atoms with Crippen LogP contribution in [0.1, 0.15) is 40.0 Å². The molecule has 0 radical (unpaired) electrons. The molecule has 0 saturated heterocycles. The molecule has 0 amide bonds. The van der Waals surface area contributed by atoms with Crippen LogP contribution in [0.15, 0.2) is 20.3 Å². The SMILES string of the molecule is CCCCC1=CC(=O)/C(=[C](/C)[Hg])C1(C)OC. The number of ketones is 1. The predicted octanol–water partition coefficient (Wildman–Crippen LogP) is 2.91. The standard InChI is InChI=1S/C13H19O2.Hg/c1-5-7-8-10-9-12(14)11(6-2)13(10,3)15-4;/h9H,5,7-8H2,1-4H3;. The molecule has 0 N–H and O–H groups in total. The summed E-state index contributed by atoms with van der Waals surface area (Å²) in [5, 5.41) is 0. The zero-order valence-electron chi connectivity index (χ0n) is 10.7. The molecule has 3 heteroatoms. The van der Waals surface area contributed by atoms with Gasteiger partial charge in [0.1, 0.15) is 0 Å². The minimum absolute atomic E-state index is 0.169. The van der Waals surface area contributed by atoms with Crippen molar-refractivity contribution >= 4 is 5.78 Å². The first kappa shape index (κ1) is 14.1. The topological polar surface area (TPSA) is 26.3 Å². The van der Waals surface area contributed by atoms with Crippen LogP contribution in [-0.4, -0.2) is 18.5 Å². The van der Waals surface area contributed by atoms with Crippen LogP contribution in [0.4, 0.5) is 0 Å². The Morgan fingerprint density at radius 3 is 2.62 bits per heavy atom. The summed E-state index contributed by atoms with van der Waals surface area (Å²) < 4.78 is 6.88. The zero-order valence-corrected chi connectivity index (χ0v) is 16.2. The normalized spacial score (nSPS) is 28.4. The molecule has 1 aliphatic rings. The van der Waals surface area contributed by atoms with Crippen molar-refractivity contribution in [3.05, 3.63) is 20.3 Å². The van der Waals surface area contributed by atoms with Crippen molar-refractivity contribution in [3.8, 4) is 0 Å². The number of unbranched alkanes of at least 4 members (excludes halogenated alkanes) is 1. The molecule has 0 saturated carbocycles. The number of hydrogen-bond acceptors (Lipinski definition) is 2. The van der Waals surface area contributed by atoms with Crippen molar-refractivity contribution < 1.29 is 35.7 Å². The van der Waals surface area contributed by atoms with Gasteiger partial charge >= 0.3 is 114 Å². The van der Waals surface area contributed by atoms with Crippen LogP contribution in [0, 0.1) is 0 Å². The van der Waals surface area contributed by atoms with E-state index in [4.69, 9.17) is 4.74 Å². The molecule has 1 unspecified atom stereocenters. The van der Waals surface area contributed by atoms with Crippen LogP contribution in [0.5, 0.6) is 0 Å². The van der Waals surface area contributed by atoms with E-state index in [-0.39, 0.29) is 5.78 Å². The third-order valence-electron chi connectivity index (χ3n) is 3.28. The molecule has 2 nitrogen and oxygen atoms in total. The Morgan fingerprint density at radius 2 is 2.19 bits per heavy atom. The van der Waals surface area contributed by atoms with Crippen LogP contribution in [0.25, 0.3) is 0 Å². The molecule has 0 fully saturated rings. The Labute approximate surface area is 114 Å². The second-order valence-electron chi connectivity index (χ2n) is 4.53. The summed E-state index contributed by atoms with van der Waals surface area (Å²) in [6.45, 7) is 6.26. The molecule has 1 rings (SSSR count). The Kier molecular flexibility index (Phi) is 4.93. The van der Waals surface area contributed by atoms with Gasteiger partial charge in [-0.2, -0.15) is 0 Å². The quantitative estimate of drug-likeness (QED) is 0.529. The summed E-state index contributed by atoms with van der Waals surface area (Å²) >= 11 is 0.495. The fourth-order valence-corrected chi connectivity index (χ4v) is 4.28. The summed E-state index contributed by atoms with van der Waals surface area (Å²) in [5.74, 6) is 0.169. The first-order valence-electron chi connectivity index (χ1n) is 5.81. The van der Waals surface area contributed by atoms with E-state index in [1.165, 1.54) is 3.08 Å². The fraction of sp³-hybridized carbons (Fsp3) is 0.615. The molecule has 0 heterocycles. The third-order valence-corrected chi connectivity index (χ3v) is 4.65. The van der Waals surface area contributed by atoms with Gasteiger partial charge in [-0.25, -0.2) is 0 Å². The number of ether oxygens (including phenoxy) is 1. The Balaban J connectivity index is 3.08. The van der Waals surface area contributed by atoms with Gasteiger partial charge in [-0.1, -0.05) is 0 Å². The van der Waals surface area contributed by atoms with Crippen molar-refractivity contribution in [3.63, 3.8) is 0 Å². The summed E-state index contributed by atoms with van der Waals surface area (Å²) in [4.78, 5) is 12.0. The average molecular weight is 408 g/mol. The second-order valence-corrected chi connectivity index (χ2v) is 8.65. The van der Waals surface area contributed by atoms with Crippen molar-refractivity contribution in [1.82, 2.24) is 0 Å². The molecule has 16 heavy (non-hydrogen) atoms. The van der Waals surface area contributed by atoms with Gasteiger partial charge in [-0.3, -0.25) is 0 Å². The van der Waals surface area contributed by atoms with E-state index in [1.54, 1.807) is 13.2 Å². The average Bonchev–Trinajstić information content (AvgIpc) is 2.47. The molecular weight excluding hydrogens is 389 g/mol. The van der Waals surface area contributed by atoms with Gasteiger partial charge in [0.15, 0.2) is 0 Å². The number of hydrogen-bond donors (Lipinski definition) is 0. The molecule has 0 aromatic carbocycles. The summed E-state index contributed by atoms with van der Waals surface area (Å²) in [6, 6.07) is 0. The second kappa shape index (κ2) is 5.59. The van der Waals surface area contributed by atoms with Crippen LogP contribution in [-0.2, 0) is 35.7 Å². The fourth-order valence-electron chi connectivity index (χ4n) is 2.29. The van der Waals surface area contributed by atoms with Gasteiger partial charge in [0.25, 0.3) is 0 Å². The number of carbonyl (C=O) groups is 1. The van der Waals surface area contributed by atoms with Gasteiger partial charge < -0.3 is 0 Å². The number of rotatable bonds is 4. The van der Waals surface area contributed by atoms with Crippen LogP contribution in [0.3, 0.4) is 0 Å². The zero-order chi connectivity index (χ0) is 12.3. The van der Waals surface area contributed by atoms with Crippen LogP contribution in [0.2, 0.25) is 0 Å². The van der Waals surface area contributed by atoms with Crippen LogP contribution >= 0.6 is 0 Å². The maximum atomic E-state index is 12.0. The molecule has 0 spiro atoms. The predicted molar refractivity (Wildman–Crippen MR) is 60.7 cm³/mol. The van der Waals surface area contributed by atoms with E-state index in [0.717, 1.165) is 30.4 Å². The van der Waals surface area contributed by atoms with Crippen molar-refractivity contribution in [1.29, 1.82) is 0 Å². The number of allylic oxidation sites excluding steroid dienone is 2.